The monoisotopic (exact) mass is 267 g/mol. The second-order valence-electron chi connectivity index (χ2n) is 5.15. The molecule has 3 heteroatoms. The van der Waals surface area contributed by atoms with Crippen molar-refractivity contribution in [2.45, 2.75) is 64.1 Å². The maximum Gasteiger partial charge on any atom is 0.0589 e. The molecule has 102 valence electrons. The molecule has 0 saturated carbocycles. The van der Waals surface area contributed by atoms with Crippen LogP contribution in [0.15, 0.2) is 17.5 Å². The van der Waals surface area contributed by atoms with E-state index in [1.165, 1.54) is 24.1 Å². The van der Waals surface area contributed by atoms with Crippen LogP contribution in [0.2, 0.25) is 0 Å². The first-order valence-electron chi connectivity index (χ1n) is 7.24. The Kier molecular flexibility index (Phi) is 5.67. The molecule has 0 aromatic carbocycles. The van der Waals surface area contributed by atoms with Crippen LogP contribution in [0.4, 0.5) is 0 Å². The third kappa shape index (κ3) is 3.81. The lowest BCUT2D eigenvalue weighted by molar-refractivity contribution is -0.00508. The molecule has 1 fully saturated rings. The van der Waals surface area contributed by atoms with Crippen molar-refractivity contribution in [1.29, 1.82) is 0 Å². The fourth-order valence-electron chi connectivity index (χ4n) is 2.73. The Morgan fingerprint density at radius 2 is 2.39 bits per heavy atom. The summed E-state index contributed by atoms with van der Waals surface area (Å²) in [5, 5.41) is 6.00. The number of hydrogen-bond acceptors (Lipinski definition) is 3. The van der Waals surface area contributed by atoms with E-state index < -0.39 is 0 Å². The highest BCUT2D eigenvalue weighted by molar-refractivity contribution is 7.10. The standard InChI is InChI=1S/C15H25NOS/c1-3-6-13-11-12(8-9-17-13)16-14(4-2)15-7-5-10-18-15/h5,7,10,12-14,16H,3-4,6,8-9,11H2,1-2H3. The molecule has 3 atom stereocenters. The quantitative estimate of drug-likeness (QED) is 0.836. The van der Waals surface area contributed by atoms with E-state index in [1.54, 1.807) is 0 Å². The second-order valence-corrected chi connectivity index (χ2v) is 6.12. The summed E-state index contributed by atoms with van der Waals surface area (Å²) in [6.07, 6.45) is 6.39. The molecule has 1 aromatic heterocycles. The Labute approximate surface area is 115 Å². The van der Waals surface area contributed by atoms with Gasteiger partial charge in [0.15, 0.2) is 0 Å². The van der Waals surface area contributed by atoms with E-state index in [1.807, 2.05) is 11.3 Å². The van der Waals surface area contributed by atoms with Crippen molar-refractivity contribution in [2.24, 2.45) is 0 Å². The van der Waals surface area contributed by atoms with Crippen molar-refractivity contribution in [2.75, 3.05) is 6.61 Å². The molecule has 1 aliphatic heterocycles. The highest BCUT2D eigenvalue weighted by atomic mass is 32.1. The molecule has 2 heterocycles. The van der Waals surface area contributed by atoms with Crippen LogP contribution in [0, 0.1) is 0 Å². The molecule has 1 saturated heterocycles. The number of nitrogens with one attached hydrogen (secondary N) is 1. The van der Waals surface area contributed by atoms with Gasteiger partial charge in [-0.3, -0.25) is 0 Å². The number of rotatable bonds is 6. The van der Waals surface area contributed by atoms with E-state index >= 15 is 0 Å². The van der Waals surface area contributed by atoms with Gasteiger partial charge in [0.2, 0.25) is 0 Å². The average molecular weight is 267 g/mol. The van der Waals surface area contributed by atoms with Crippen LogP contribution < -0.4 is 5.32 Å². The molecule has 2 rings (SSSR count). The number of hydrogen-bond donors (Lipinski definition) is 1. The Morgan fingerprint density at radius 1 is 1.50 bits per heavy atom. The molecular formula is C15H25NOS. The van der Waals surface area contributed by atoms with Crippen LogP contribution in [0.25, 0.3) is 0 Å². The van der Waals surface area contributed by atoms with Gasteiger partial charge in [0.25, 0.3) is 0 Å². The SMILES string of the molecule is CCCC1CC(NC(CC)c2cccs2)CCO1. The van der Waals surface area contributed by atoms with Gasteiger partial charge in [0, 0.05) is 23.6 Å². The third-order valence-corrected chi connectivity index (χ3v) is 4.70. The fourth-order valence-corrected chi connectivity index (χ4v) is 3.60. The van der Waals surface area contributed by atoms with E-state index in [2.05, 4.69) is 36.7 Å². The summed E-state index contributed by atoms with van der Waals surface area (Å²) in [6, 6.07) is 5.54. The topological polar surface area (TPSA) is 21.3 Å². The van der Waals surface area contributed by atoms with Crippen LogP contribution in [0.1, 0.15) is 56.9 Å². The van der Waals surface area contributed by atoms with Crippen molar-refractivity contribution in [3.8, 4) is 0 Å². The maximum absolute atomic E-state index is 5.82. The first kappa shape index (κ1) is 14.0. The molecule has 1 N–H and O–H groups in total. The van der Waals surface area contributed by atoms with Gasteiger partial charge in [0.1, 0.15) is 0 Å². The molecule has 0 spiro atoms. The zero-order chi connectivity index (χ0) is 12.8. The van der Waals surface area contributed by atoms with Crippen molar-refractivity contribution < 1.29 is 4.74 Å². The Morgan fingerprint density at radius 3 is 3.06 bits per heavy atom. The minimum Gasteiger partial charge on any atom is -0.378 e. The lowest BCUT2D eigenvalue weighted by Crippen LogP contribution is -2.40. The summed E-state index contributed by atoms with van der Waals surface area (Å²) in [6.45, 7) is 5.42. The van der Waals surface area contributed by atoms with Gasteiger partial charge < -0.3 is 10.1 Å². The highest BCUT2D eigenvalue weighted by Gasteiger charge is 2.24. The molecular weight excluding hydrogens is 242 g/mol. The minimum absolute atomic E-state index is 0.474. The van der Waals surface area contributed by atoms with Crippen LogP contribution in [-0.2, 0) is 4.74 Å². The second kappa shape index (κ2) is 7.27. The van der Waals surface area contributed by atoms with Crippen LogP contribution in [0.5, 0.6) is 0 Å². The van der Waals surface area contributed by atoms with Crippen molar-refractivity contribution in [1.82, 2.24) is 5.32 Å². The van der Waals surface area contributed by atoms with E-state index in [0.717, 1.165) is 19.4 Å². The normalized spacial score (nSPS) is 26.1. The lowest BCUT2D eigenvalue weighted by Gasteiger charge is -2.32. The molecule has 0 amide bonds. The highest BCUT2D eigenvalue weighted by Crippen LogP contribution is 2.25. The van der Waals surface area contributed by atoms with Crippen LogP contribution in [0.3, 0.4) is 0 Å². The number of thiophene rings is 1. The zero-order valence-electron chi connectivity index (χ0n) is 11.5. The molecule has 1 aromatic rings. The molecule has 2 nitrogen and oxygen atoms in total. The van der Waals surface area contributed by atoms with Crippen molar-refractivity contribution >= 4 is 11.3 Å². The van der Waals surface area contributed by atoms with Gasteiger partial charge in [-0.05, 0) is 37.1 Å². The van der Waals surface area contributed by atoms with Gasteiger partial charge in [0.05, 0.1) is 6.10 Å². The minimum atomic E-state index is 0.474. The first-order chi connectivity index (χ1) is 8.83. The van der Waals surface area contributed by atoms with E-state index in [9.17, 15) is 0 Å². The van der Waals surface area contributed by atoms with Crippen LogP contribution in [-0.4, -0.2) is 18.8 Å². The summed E-state index contributed by atoms with van der Waals surface area (Å²) in [7, 11) is 0. The summed E-state index contributed by atoms with van der Waals surface area (Å²) in [4.78, 5) is 1.47. The van der Waals surface area contributed by atoms with Crippen molar-refractivity contribution in [3.05, 3.63) is 22.4 Å². The summed E-state index contributed by atoms with van der Waals surface area (Å²) in [5.41, 5.74) is 0. The van der Waals surface area contributed by atoms with E-state index in [4.69, 9.17) is 4.74 Å². The first-order valence-corrected chi connectivity index (χ1v) is 8.12. The summed E-state index contributed by atoms with van der Waals surface area (Å²) >= 11 is 1.86. The average Bonchev–Trinajstić information content (AvgIpc) is 2.90. The maximum atomic E-state index is 5.82. The summed E-state index contributed by atoms with van der Waals surface area (Å²) in [5.74, 6) is 0. The van der Waals surface area contributed by atoms with Gasteiger partial charge in [-0.2, -0.15) is 0 Å². The molecule has 0 radical (unpaired) electrons. The Hall–Kier alpha value is -0.380. The van der Waals surface area contributed by atoms with Gasteiger partial charge in [-0.15, -0.1) is 11.3 Å². The largest absolute Gasteiger partial charge is 0.378 e. The molecule has 1 aliphatic rings. The lowest BCUT2D eigenvalue weighted by atomic mass is 9.98. The molecule has 18 heavy (non-hydrogen) atoms. The third-order valence-electron chi connectivity index (χ3n) is 3.71. The van der Waals surface area contributed by atoms with E-state index in [0.29, 0.717) is 18.2 Å². The van der Waals surface area contributed by atoms with Gasteiger partial charge in [-0.25, -0.2) is 0 Å². The van der Waals surface area contributed by atoms with Gasteiger partial charge in [-0.1, -0.05) is 26.3 Å². The molecule has 3 unspecified atom stereocenters. The van der Waals surface area contributed by atoms with Crippen LogP contribution >= 0.6 is 11.3 Å². The number of ether oxygens (including phenoxy) is 1. The smallest absolute Gasteiger partial charge is 0.0589 e. The fraction of sp³-hybridized carbons (Fsp3) is 0.733. The predicted octanol–water partition coefficient (Wildman–Crippen LogP) is 4.14. The zero-order valence-corrected chi connectivity index (χ0v) is 12.3. The van der Waals surface area contributed by atoms with E-state index in [-0.39, 0.29) is 0 Å². The van der Waals surface area contributed by atoms with Gasteiger partial charge >= 0.3 is 0 Å². The predicted molar refractivity (Wildman–Crippen MR) is 78.2 cm³/mol. The Bertz CT molecular complexity index is 323. The summed E-state index contributed by atoms with van der Waals surface area (Å²) < 4.78 is 5.82. The Balaban J connectivity index is 1.87. The van der Waals surface area contributed by atoms with Crippen molar-refractivity contribution in [3.63, 3.8) is 0 Å². The molecule has 0 aliphatic carbocycles. The molecule has 0 bridgehead atoms.